The van der Waals surface area contributed by atoms with E-state index in [2.05, 4.69) is 15.6 Å². The van der Waals surface area contributed by atoms with Gasteiger partial charge in [-0.2, -0.15) is 0 Å². The molecule has 0 aliphatic carbocycles. The zero-order valence-corrected chi connectivity index (χ0v) is 17.8. The number of benzene rings is 3. The Labute approximate surface area is 180 Å². The summed E-state index contributed by atoms with van der Waals surface area (Å²) in [6.07, 6.45) is 0. The van der Waals surface area contributed by atoms with Gasteiger partial charge in [0.25, 0.3) is 5.91 Å². The van der Waals surface area contributed by atoms with Gasteiger partial charge in [0, 0.05) is 16.8 Å². The zero-order valence-electron chi connectivity index (χ0n) is 16.9. The second kappa shape index (κ2) is 8.08. The van der Waals surface area contributed by atoms with Crippen molar-refractivity contribution >= 4 is 40.0 Å². The van der Waals surface area contributed by atoms with Crippen LogP contribution in [0.25, 0.3) is 22.6 Å². The van der Waals surface area contributed by atoms with Gasteiger partial charge in [-0.15, -0.1) is 0 Å². The zero-order chi connectivity index (χ0) is 21.3. The monoisotopic (exact) mass is 415 g/mol. The van der Waals surface area contributed by atoms with Crippen molar-refractivity contribution < 1.29 is 9.21 Å². The predicted octanol–water partition coefficient (Wildman–Crippen LogP) is 5.55. The molecule has 0 saturated carbocycles. The number of nitrogens with one attached hydrogen (secondary N) is 2. The Kier molecular flexibility index (Phi) is 5.33. The maximum absolute atomic E-state index is 12.4. The normalized spacial score (nSPS) is 10.8. The molecule has 4 aromatic rings. The maximum Gasteiger partial charge on any atom is 0.257 e. The van der Waals surface area contributed by atoms with E-state index in [1.165, 1.54) is 5.56 Å². The van der Waals surface area contributed by atoms with Crippen molar-refractivity contribution in [3.63, 3.8) is 0 Å². The fourth-order valence-corrected chi connectivity index (χ4v) is 3.26. The van der Waals surface area contributed by atoms with Crippen molar-refractivity contribution in [2.75, 3.05) is 5.32 Å². The van der Waals surface area contributed by atoms with E-state index in [1.54, 1.807) is 6.07 Å². The number of carbonyl (C=O) groups is 1. The third-order valence-electron chi connectivity index (χ3n) is 4.94. The van der Waals surface area contributed by atoms with Crippen LogP contribution in [0.5, 0.6) is 0 Å². The number of carbonyl (C=O) groups excluding carboxylic acids is 1. The molecule has 1 amide bonds. The first-order valence-electron chi connectivity index (χ1n) is 9.56. The number of nitrogens with zero attached hydrogens (tertiary/aromatic N) is 1. The Bertz CT molecular complexity index is 1260. The van der Waals surface area contributed by atoms with Crippen LogP contribution >= 0.6 is 12.2 Å². The molecule has 0 spiro atoms. The topological polar surface area (TPSA) is 67.2 Å². The number of rotatable bonds is 3. The summed E-state index contributed by atoms with van der Waals surface area (Å²) in [6.45, 7) is 6.02. The summed E-state index contributed by atoms with van der Waals surface area (Å²) < 4.78 is 5.86. The molecule has 0 fully saturated rings. The summed E-state index contributed by atoms with van der Waals surface area (Å²) in [5.74, 6) is 0.313. The van der Waals surface area contributed by atoms with Gasteiger partial charge in [-0.05, 0) is 86.6 Å². The maximum atomic E-state index is 12.4. The molecule has 0 saturated heterocycles. The number of hydrogen-bond acceptors (Lipinski definition) is 4. The van der Waals surface area contributed by atoms with Crippen LogP contribution in [0.2, 0.25) is 0 Å². The van der Waals surface area contributed by atoms with E-state index >= 15 is 0 Å². The lowest BCUT2D eigenvalue weighted by atomic mass is 10.1. The lowest BCUT2D eigenvalue weighted by Crippen LogP contribution is -2.34. The minimum atomic E-state index is -0.250. The molecule has 1 heterocycles. The minimum absolute atomic E-state index is 0.222. The Morgan fingerprint density at radius 1 is 0.933 bits per heavy atom. The molecule has 0 atom stereocenters. The van der Waals surface area contributed by atoms with E-state index < -0.39 is 0 Å². The highest BCUT2D eigenvalue weighted by Crippen LogP contribution is 2.26. The third kappa shape index (κ3) is 4.23. The molecular weight excluding hydrogens is 394 g/mol. The fraction of sp³-hybridized carbons (Fsp3) is 0.125. The number of oxazole rings is 1. The Morgan fingerprint density at radius 2 is 1.70 bits per heavy atom. The van der Waals surface area contributed by atoms with Crippen molar-refractivity contribution in [3.8, 4) is 11.5 Å². The molecular formula is C24H21N3O2S. The number of fused-ring (bicyclic) bond motifs is 1. The van der Waals surface area contributed by atoms with Crippen molar-refractivity contribution in [2.24, 2.45) is 0 Å². The number of aryl methyl sites for hydroxylation is 3. The van der Waals surface area contributed by atoms with Crippen LogP contribution in [-0.4, -0.2) is 16.0 Å². The van der Waals surface area contributed by atoms with Gasteiger partial charge in [-0.3, -0.25) is 10.1 Å². The SMILES string of the molecule is Cc1ccc(-c2nc3cc(NC(=S)NC(=O)c4ccc(C)c(C)c4)ccc3o2)cc1. The molecule has 6 heteroatoms. The average Bonchev–Trinajstić information content (AvgIpc) is 3.13. The molecule has 0 bridgehead atoms. The highest BCUT2D eigenvalue weighted by atomic mass is 32.1. The highest BCUT2D eigenvalue weighted by Gasteiger charge is 2.11. The van der Waals surface area contributed by atoms with E-state index in [0.29, 0.717) is 22.6 Å². The van der Waals surface area contributed by atoms with Gasteiger partial charge in [0.2, 0.25) is 5.89 Å². The minimum Gasteiger partial charge on any atom is -0.436 e. The summed E-state index contributed by atoms with van der Waals surface area (Å²) in [7, 11) is 0. The van der Waals surface area contributed by atoms with Gasteiger partial charge in [-0.1, -0.05) is 23.8 Å². The third-order valence-corrected chi connectivity index (χ3v) is 5.14. The molecule has 5 nitrogen and oxygen atoms in total. The van der Waals surface area contributed by atoms with Crippen molar-refractivity contribution in [1.29, 1.82) is 0 Å². The lowest BCUT2D eigenvalue weighted by Gasteiger charge is -2.10. The van der Waals surface area contributed by atoms with Crippen molar-refractivity contribution in [2.45, 2.75) is 20.8 Å². The van der Waals surface area contributed by atoms with Gasteiger partial charge < -0.3 is 9.73 Å². The number of amides is 1. The molecule has 2 N–H and O–H groups in total. The van der Waals surface area contributed by atoms with E-state index in [-0.39, 0.29) is 11.0 Å². The van der Waals surface area contributed by atoms with E-state index in [4.69, 9.17) is 16.6 Å². The first-order chi connectivity index (χ1) is 14.4. The van der Waals surface area contributed by atoms with Gasteiger partial charge in [0.05, 0.1) is 0 Å². The molecule has 1 aromatic heterocycles. The van der Waals surface area contributed by atoms with Crippen LogP contribution in [0.4, 0.5) is 5.69 Å². The van der Waals surface area contributed by atoms with Crippen LogP contribution < -0.4 is 10.6 Å². The largest absolute Gasteiger partial charge is 0.436 e. The molecule has 0 unspecified atom stereocenters. The summed E-state index contributed by atoms with van der Waals surface area (Å²) in [5.41, 5.74) is 6.97. The first kappa shape index (κ1) is 19.8. The molecule has 150 valence electrons. The molecule has 4 rings (SSSR count). The molecule has 3 aromatic carbocycles. The number of thiocarbonyl (C=S) groups is 1. The van der Waals surface area contributed by atoms with Crippen molar-refractivity contribution in [1.82, 2.24) is 10.3 Å². The van der Waals surface area contributed by atoms with Crippen LogP contribution in [-0.2, 0) is 0 Å². The molecule has 0 aliphatic rings. The smallest absolute Gasteiger partial charge is 0.257 e. The number of aromatic nitrogens is 1. The lowest BCUT2D eigenvalue weighted by molar-refractivity contribution is 0.0977. The highest BCUT2D eigenvalue weighted by molar-refractivity contribution is 7.80. The fourth-order valence-electron chi connectivity index (χ4n) is 3.05. The van der Waals surface area contributed by atoms with E-state index in [1.807, 2.05) is 75.4 Å². The summed E-state index contributed by atoms with van der Waals surface area (Å²) in [4.78, 5) is 17.0. The summed E-state index contributed by atoms with van der Waals surface area (Å²) in [5, 5.41) is 5.97. The second-order valence-corrected chi connectivity index (χ2v) is 7.68. The average molecular weight is 416 g/mol. The van der Waals surface area contributed by atoms with Gasteiger partial charge in [0.1, 0.15) is 5.52 Å². The first-order valence-corrected chi connectivity index (χ1v) is 9.97. The van der Waals surface area contributed by atoms with E-state index in [9.17, 15) is 4.79 Å². The molecule has 0 aliphatic heterocycles. The van der Waals surface area contributed by atoms with E-state index in [0.717, 1.165) is 22.4 Å². The van der Waals surface area contributed by atoms with Gasteiger partial charge in [0.15, 0.2) is 10.7 Å². The Hall–Kier alpha value is -3.51. The van der Waals surface area contributed by atoms with Crippen LogP contribution in [0, 0.1) is 20.8 Å². The van der Waals surface area contributed by atoms with Gasteiger partial charge in [-0.25, -0.2) is 4.98 Å². The number of anilines is 1. The number of hydrogen-bond donors (Lipinski definition) is 2. The van der Waals surface area contributed by atoms with Gasteiger partial charge >= 0.3 is 0 Å². The van der Waals surface area contributed by atoms with Crippen molar-refractivity contribution in [3.05, 3.63) is 82.9 Å². The van der Waals surface area contributed by atoms with Crippen LogP contribution in [0.3, 0.4) is 0 Å². The standard InChI is InChI=1S/C24H21N3O2S/c1-14-4-7-17(8-5-14)23-26-20-13-19(10-11-21(20)29-23)25-24(30)27-22(28)18-9-6-15(2)16(3)12-18/h4-13H,1-3H3,(H2,25,27,28,30). The Morgan fingerprint density at radius 3 is 2.43 bits per heavy atom. The van der Waals surface area contributed by atoms with Crippen LogP contribution in [0.15, 0.2) is 65.1 Å². The molecule has 30 heavy (non-hydrogen) atoms. The summed E-state index contributed by atoms with van der Waals surface area (Å²) in [6, 6.07) is 19.1. The Balaban J connectivity index is 1.47. The summed E-state index contributed by atoms with van der Waals surface area (Å²) >= 11 is 5.30. The second-order valence-electron chi connectivity index (χ2n) is 7.27. The quantitative estimate of drug-likeness (QED) is 0.430. The predicted molar refractivity (Wildman–Crippen MR) is 124 cm³/mol. The molecule has 0 radical (unpaired) electrons. The van der Waals surface area contributed by atoms with Crippen LogP contribution in [0.1, 0.15) is 27.0 Å².